The number of carboxylic acids is 3. The van der Waals surface area contributed by atoms with Gasteiger partial charge in [-0.2, -0.15) is 16.8 Å². The molecule has 0 saturated heterocycles. The molecule has 0 fully saturated rings. The smallest absolute Gasteiger partial charge is 0.369 e. The van der Waals surface area contributed by atoms with Crippen molar-refractivity contribution in [2.45, 2.75) is 21.6 Å². The minimum absolute atomic E-state index is 0.305. The van der Waals surface area contributed by atoms with Gasteiger partial charge in [-0.25, -0.2) is 4.79 Å². The maximum atomic E-state index is 10.8. The Kier molecular flexibility index (Phi) is 9.11. The van der Waals surface area contributed by atoms with Gasteiger partial charge in [0.15, 0.2) is 11.5 Å². The fourth-order valence-electron chi connectivity index (χ4n) is 1.97. The number of carbonyl (C=O) groups is 3. The topological polar surface area (TPSA) is 339 Å². The maximum absolute atomic E-state index is 10.8. The van der Waals surface area contributed by atoms with Crippen molar-refractivity contribution in [3.05, 3.63) is 12.1 Å². The van der Waals surface area contributed by atoms with Gasteiger partial charge in [0.05, 0.1) is 11.3 Å². The lowest BCUT2D eigenvalue weighted by molar-refractivity contribution is -0.168. The number of rotatable bonds is 8. The van der Waals surface area contributed by atoms with Crippen LogP contribution in [0.1, 0.15) is 6.42 Å². The Balaban J connectivity index is 0.000000621. The number of hydrogen-bond acceptors (Lipinski definition) is 11. The molecule has 2 atom stereocenters. The van der Waals surface area contributed by atoms with Gasteiger partial charge >= 0.3 is 25.5 Å². The van der Waals surface area contributed by atoms with E-state index in [0.29, 0.717) is 12.1 Å². The van der Waals surface area contributed by atoms with Crippen molar-refractivity contribution in [1.29, 1.82) is 0 Å². The second kappa shape index (κ2) is 9.97. The Bertz CT molecular complexity index is 1210. The molecular weight excluding hydrogens is 527 g/mol. The summed E-state index contributed by atoms with van der Waals surface area (Å²) in [6.07, 6.45) is -1.46. The number of benzene rings is 1. The molecule has 0 aromatic heterocycles. The zero-order valence-corrected chi connectivity index (χ0v) is 18.0. The number of aliphatic hydroxyl groups is 1. The molecule has 0 spiro atoms. The summed E-state index contributed by atoms with van der Waals surface area (Å²) in [5, 5.41) is 48.7. The van der Waals surface area contributed by atoms with Crippen LogP contribution < -0.4 is 0 Å². The summed E-state index contributed by atoms with van der Waals surface area (Å²) in [6, 6.07) is 0.735. The zero-order chi connectivity index (χ0) is 26.7. The van der Waals surface area contributed by atoms with E-state index in [9.17, 15) is 40.9 Å². The van der Waals surface area contributed by atoms with Gasteiger partial charge in [-0.15, -0.1) is 0 Å². The molecule has 18 nitrogen and oxygen atoms in total. The number of phenols is 2. The number of carboxylic acid groups (broad SMARTS) is 3. The van der Waals surface area contributed by atoms with E-state index in [4.69, 9.17) is 44.4 Å². The molecule has 0 saturated carbocycles. The summed E-state index contributed by atoms with van der Waals surface area (Å²) in [5.74, 6) is -11.5. The quantitative estimate of drug-likeness (QED) is 0.0937. The summed E-state index contributed by atoms with van der Waals surface area (Å²) < 4.78 is 70.7. The number of phenolic OH excluding ortho intramolecular Hbond substituents is 2. The van der Waals surface area contributed by atoms with Crippen LogP contribution in [-0.4, -0.2) is 89.6 Å². The zero-order valence-electron chi connectivity index (χ0n) is 15.4. The van der Waals surface area contributed by atoms with Crippen LogP contribution in [0.25, 0.3) is 0 Å². The number of hydrogen-bond donors (Lipinski definition) is 10. The van der Waals surface area contributed by atoms with Gasteiger partial charge in [0, 0.05) is 6.07 Å². The van der Waals surface area contributed by atoms with Crippen LogP contribution in [0, 0.1) is 5.92 Å². The van der Waals surface area contributed by atoms with Crippen LogP contribution in [0.15, 0.2) is 21.9 Å². The van der Waals surface area contributed by atoms with Crippen molar-refractivity contribution < 1.29 is 85.3 Å². The molecule has 21 heteroatoms. The molecule has 0 amide bonds. The highest BCUT2D eigenvalue weighted by Crippen LogP contribution is 2.54. The highest BCUT2D eigenvalue weighted by molar-refractivity contribution is 7.86. The van der Waals surface area contributed by atoms with Crippen molar-refractivity contribution in [1.82, 2.24) is 0 Å². The lowest BCUT2D eigenvalue weighted by Crippen LogP contribution is -2.49. The third kappa shape index (κ3) is 7.33. The number of aliphatic carboxylic acids is 3. The first-order valence-corrected chi connectivity index (χ1v) is 11.9. The molecule has 0 aliphatic rings. The van der Waals surface area contributed by atoms with Gasteiger partial charge in [-0.05, 0) is 6.07 Å². The van der Waals surface area contributed by atoms with E-state index in [1.165, 1.54) is 0 Å². The average molecular weight is 542 g/mol. The summed E-state index contributed by atoms with van der Waals surface area (Å²) >= 11 is 0. The normalized spacial score (nSPS) is 14.8. The Morgan fingerprint density at radius 3 is 1.67 bits per heavy atom. The molecule has 1 rings (SSSR count). The number of aromatic hydroxyl groups is 2. The second-order valence-corrected chi connectivity index (χ2v) is 10.4. The Morgan fingerprint density at radius 2 is 1.39 bits per heavy atom. The summed E-state index contributed by atoms with van der Waals surface area (Å²) in [5.41, 5.74) is 0. The molecule has 1 aromatic carbocycles. The minimum Gasteiger partial charge on any atom is -0.504 e. The van der Waals surface area contributed by atoms with E-state index in [1.54, 1.807) is 0 Å². The van der Waals surface area contributed by atoms with E-state index < -0.39 is 84.7 Å². The molecule has 0 bridgehead atoms. The Morgan fingerprint density at radius 1 is 0.939 bits per heavy atom. The molecule has 33 heavy (non-hydrogen) atoms. The van der Waals surface area contributed by atoms with Gasteiger partial charge in [-0.1, -0.05) is 0 Å². The molecule has 0 heterocycles. The third-order valence-electron chi connectivity index (χ3n) is 3.53. The van der Waals surface area contributed by atoms with Crippen molar-refractivity contribution in [2.75, 3.05) is 0 Å². The fraction of sp³-hybridized carbons (Fsp3) is 0.250. The average Bonchev–Trinajstić information content (AvgIpc) is 2.58. The lowest BCUT2D eigenvalue weighted by Gasteiger charge is -2.28. The first-order valence-electron chi connectivity index (χ1n) is 7.44. The first kappa shape index (κ1) is 30.2. The predicted octanol–water partition coefficient (Wildman–Crippen LogP) is -2.30. The molecule has 2 unspecified atom stereocenters. The summed E-state index contributed by atoms with van der Waals surface area (Å²) in [7, 11) is -15.5. The van der Waals surface area contributed by atoms with Gasteiger partial charge in [0.1, 0.15) is 10.8 Å². The van der Waals surface area contributed by atoms with Gasteiger partial charge in [0.25, 0.3) is 25.6 Å². The maximum Gasteiger partial charge on any atom is 0.369 e. The van der Waals surface area contributed by atoms with Crippen LogP contribution >= 0.6 is 7.60 Å². The van der Waals surface area contributed by atoms with Gasteiger partial charge in [0.2, 0.25) is 0 Å². The monoisotopic (exact) mass is 542 g/mol. The molecule has 10 N–H and O–H groups in total. The fourth-order valence-corrected chi connectivity index (χ4v) is 4.05. The Hall–Kier alpha value is -2.84. The molecule has 0 aliphatic carbocycles. The third-order valence-corrected chi connectivity index (χ3v) is 6.62. The predicted molar refractivity (Wildman–Crippen MR) is 97.4 cm³/mol. The van der Waals surface area contributed by atoms with Crippen LogP contribution in [0.3, 0.4) is 0 Å². The Labute approximate surface area is 182 Å². The van der Waals surface area contributed by atoms with E-state index in [-0.39, 0.29) is 0 Å². The molecule has 0 aliphatic heterocycles. The highest BCUT2D eigenvalue weighted by atomic mass is 32.2. The van der Waals surface area contributed by atoms with Crippen molar-refractivity contribution in [3.8, 4) is 11.5 Å². The molecule has 1 aromatic rings. The standard InChI is InChI=1S/C6H9O10P.C6H6O8S2/c7-3(8)1-2(4(9)10)6(13,5(11)12)17(14,15)16;7-4-1-3(15(9,10)11)2-5(6(4)8)16(12,13)14/h2,13H,1H2,(H,7,8)(H,9,10)(H,11,12)(H2,14,15,16);1-2,7-8H,(H,9,10,11)(H,12,13,14). The van der Waals surface area contributed by atoms with Crippen LogP contribution in [0.5, 0.6) is 11.5 Å². The SMILES string of the molecule is O=C(O)CC(C(=O)O)C(O)(C(=O)O)P(=O)(O)O.O=S(=O)(O)c1cc(O)c(O)c(S(=O)(=O)O)c1. The molecule has 0 radical (unpaired) electrons. The lowest BCUT2D eigenvalue weighted by atomic mass is 9.98. The van der Waals surface area contributed by atoms with E-state index in [0.717, 1.165) is 0 Å². The van der Waals surface area contributed by atoms with Gasteiger partial charge < -0.3 is 40.4 Å². The van der Waals surface area contributed by atoms with Crippen LogP contribution in [0.2, 0.25) is 0 Å². The van der Waals surface area contributed by atoms with Crippen LogP contribution in [-0.2, 0) is 39.2 Å². The summed E-state index contributed by atoms with van der Waals surface area (Å²) in [4.78, 5) is 46.6. The van der Waals surface area contributed by atoms with E-state index >= 15 is 0 Å². The second-order valence-electron chi connectivity index (χ2n) is 5.80. The van der Waals surface area contributed by atoms with E-state index in [1.807, 2.05) is 0 Å². The minimum atomic E-state index is -5.80. The van der Waals surface area contributed by atoms with Crippen molar-refractivity contribution in [3.63, 3.8) is 0 Å². The largest absolute Gasteiger partial charge is 0.504 e. The van der Waals surface area contributed by atoms with Crippen molar-refractivity contribution in [2.24, 2.45) is 5.92 Å². The first-order chi connectivity index (χ1) is 14.5. The van der Waals surface area contributed by atoms with Crippen LogP contribution in [0.4, 0.5) is 0 Å². The molecule has 188 valence electrons. The molecular formula is C12H15O18PS2. The summed E-state index contributed by atoms with van der Waals surface area (Å²) in [6.45, 7) is 0. The van der Waals surface area contributed by atoms with Gasteiger partial charge in [-0.3, -0.25) is 23.3 Å². The van der Waals surface area contributed by atoms with Crippen molar-refractivity contribution >= 4 is 45.7 Å². The highest BCUT2D eigenvalue weighted by Gasteiger charge is 2.61. The van der Waals surface area contributed by atoms with E-state index in [2.05, 4.69) is 0 Å².